The van der Waals surface area contributed by atoms with Gasteiger partial charge in [-0.3, -0.25) is 0 Å². The fraction of sp³-hybridized carbons (Fsp3) is 0.316. The second-order valence-electron chi connectivity index (χ2n) is 6.04. The Morgan fingerprint density at radius 1 is 1.20 bits per heavy atom. The molecule has 1 aromatic carbocycles. The van der Waals surface area contributed by atoms with Crippen LogP contribution in [0.25, 0.3) is 0 Å². The summed E-state index contributed by atoms with van der Waals surface area (Å²) in [7, 11) is 0. The van der Waals surface area contributed by atoms with Gasteiger partial charge in [-0.05, 0) is 43.5 Å². The largest absolute Gasteiger partial charge is 0.352 e. The lowest BCUT2D eigenvalue weighted by atomic mass is 10.0. The van der Waals surface area contributed by atoms with Crippen LogP contribution in [0.1, 0.15) is 25.0 Å². The van der Waals surface area contributed by atoms with Crippen molar-refractivity contribution in [3.63, 3.8) is 0 Å². The van der Waals surface area contributed by atoms with E-state index in [2.05, 4.69) is 26.6 Å². The normalized spacial score (nSPS) is 16.8. The fourth-order valence-corrected chi connectivity index (χ4v) is 3.07. The summed E-state index contributed by atoms with van der Waals surface area (Å²) >= 11 is 0. The van der Waals surface area contributed by atoms with Crippen molar-refractivity contribution in [3.8, 4) is 6.07 Å². The first-order valence-corrected chi connectivity index (χ1v) is 8.50. The standard InChI is InChI=1S/C19H21N5O/c20-13-16-9-6-11-18(22-16)24-12-5-4-10-17(24)14-21-19(25)23-15-7-2-1-3-8-15/h1-3,6-9,11,17H,4-5,10,12,14H2,(H2,21,23,25). The lowest BCUT2D eigenvalue weighted by Crippen LogP contribution is -2.48. The van der Waals surface area contributed by atoms with Crippen LogP contribution in [0.4, 0.5) is 16.3 Å². The number of hydrogen-bond donors (Lipinski definition) is 2. The molecule has 128 valence electrons. The quantitative estimate of drug-likeness (QED) is 0.899. The molecule has 0 saturated carbocycles. The molecule has 1 saturated heterocycles. The highest BCUT2D eigenvalue weighted by Gasteiger charge is 2.24. The van der Waals surface area contributed by atoms with Crippen molar-refractivity contribution in [2.75, 3.05) is 23.3 Å². The molecule has 6 heteroatoms. The number of carbonyl (C=O) groups is 1. The highest BCUT2D eigenvalue weighted by molar-refractivity contribution is 5.89. The van der Waals surface area contributed by atoms with Crippen molar-refractivity contribution < 1.29 is 4.79 Å². The second kappa shape index (κ2) is 8.15. The molecule has 2 amide bonds. The van der Waals surface area contributed by atoms with E-state index in [1.165, 1.54) is 0 Å². The van der Waals surface area contributed by atoms with Gasteiger partial charge in [0.2, 0.25) is 0 Å². The van der Waals surface area contributed by atoms with Gasteiger partial charge in [0.05, 0.1) is 0 Å². The minimum absolute atomic E-state index is 0.178. The molecule has 3 rings (SSSR count). The fourth-order valence-electron chi connectivity index (χ4n) is 3.07. The molecule has 0 radical (unpaired) electrons. The SMILES string of the molecule is N#Cc1cccc(N2CCCCC2CNC(=O)Nc2ccccc2)n1. The maximum absolute atomic E-state index is 12.1. The summed E-state index contributed by atoms with van der Waals surface area (Å²) in [6.45, 7) is 1.42. The number of benzene rings is 1. The number of carbonyl (C=O) groups excluding carboxylic acids is 1. The summed E-state index contributed by atoms with van der Waals surface area (Å²) in [4.78, 5) is 18.7. The van der Waals surface area contributed by atoms with Crippen LogP contribution in [-0.4, -0.2) is 30.1 Å². The van der Waals surface area contributed by atoms with E-state index in [0.717, 1.165) is 37.3 Å². The van der Waals surface area contributed by atoms with Gasteiger partial charge in [-0.15, -0.1) is 0 Å². The number of amides is 2. The summed E-state index contributed by atoms with van der Waals surface area (Å²) in [5.74, 6) is 0.800. The van der Waals surface area contributed by atoms with Crippen molar-refractivity contribution in [2.45, 2.75) is 25.3 Å². The van der Waals surface area contributed by atoms with Gasteiger partial charge in [0.1, 0.15) is 17.6 Å². The number of aromatic nitrogens is 1. The Kier molecular flexibility index (Phi) is 5.47. The molecule has 6 nitrogen and oxygen atoms in total. The zero-order valence-corrected chi connectivity index (χ0v) is 14.0. The van der Waals surface area contributed by atoms with E-state index in [0.29, 0.717) is 12.2 Å². The Labute approximate surface area is 147 Å². The number of nitrogens with zero attached hydrogens (tertiary/aromatic N) is 3. The highest BCUT2D eigenvalue weighted by Crippen LogP contribution is 2.23. The molecule has 1 fully saturated rings. The number of anilines is 2. The van der Waals surface area contributed by atoms with Crippen LogP contribution in [0.5, 0.6) is 0 Å². The van der Waals surface area contributed by atoms with Gasteiger partial charge >= 0.3 is 6.03 Å². The minimum Gasteiger partial charge on any atom is -0.352 e. The maximum Gasteiger partial charge on any atom is 0.319 e. The van der Waals surface area contributed by atoms with Gasteiger partial charge in [0.15, 0.2) is 0 Å². The van der Waals surface area contributed by atoms with Crippen molar-refractivity contribution >= 4 is 17.5 Å². The summed E-state index contributed by atoms with van der Waals surface area (Å²) in [6.07, 6.45) is 3.20. The van der Waals surface area contributed by atoms with Gasteiger partial charge in [-0.25, -0.2) is 9.78 Å². The van der Waals surface area contributed by atoms with Crippen LogP contribution >= 0.6 is 0 Å². The third-order valence-electron chi connectivity index (χ3n) is 4.30. The molecular weight excluding hydrogens is 314 g/mol. The third kappa shape index (κ3) is 4.48. The molecule has 1 aliphatic heterocycles. The van der Waals surface area contributed by atoms with Gasteiger partial charge in [-0.1, -0.05) is 24.3 Å². The molecule has 0 spiro atoms. The highest BCUT2D eigenvalue weighted by atomic mass is 16.2. The molecule has 0 bridgehead atoms. The third-order valence-corrected chi connectivity index (χ3v) is 4.30. The Morgan fingerprint density at radius 2 is 2.04 bits per heavy atom. The van der Waals surface area contributed by atoms with Crippen molar-refractivity contribution in [1.82, 2.24) is 10.3 Å². The average molecular weight is 335 g/mol. The van der Waals surface area contributed by atoms with Crippen LogP contribution in [0.15, 0.2) is 48.5 Å². The number of nitriles is 1. The molecule has 1 unspecified atom stereocenters. The zero-order valence-electron chi connectivity index (χ0n) is 14.0. The number of piperidine rings is 1. The van der Waals surface area contributed by atoms with Crippen LogP contribution in [-0.2, 0) is 0 Å². The van der Waals surface area contributed by atoms with E-state index in [1.807, 2.05) is 42.5 Å². The van der Waals surface area contributed by atoms with Crippen molar-refractivity contribution in [2.24, 2.45) is 0 Å². The molecule has 0 aliphatic carbocycles. The number of hydrogen-bond acceptors (Lipinski definition) is 4. The van der Waals surface area contributed by atoms with E-state index < -0.39 is 0 Å². The van der Waals surface area contributed by atoms with Crippen LogP contribution in [0, 0.1) is 11.3 Å². The molecule has 1 aliphatic rings. The molecule has 2 N–H and O–H groups in total. The first kappa shape index (κ1) is 16.8. The first-order valence-electron chi connectivity index (χ1n) is 8.50. The Morgan fingerprint density at radius 3 is 2.84 bits per heavy atom. The van der Waals surface area contributed by atoms with Crippen LogP contribution in [0.3, 0.4) is 0 Å². The molecule has 1 aromatic heterocycles. The van der Waals surface area contributed by atoms with Crippen molar-refractivity contribution in [3.05, 3.63) is 54.2 Å². The lowest BCUT2D eigenvalue weighted by molar-refractivity contribution is 0.250. The average Bonchev–Trinajstić information content (AvgIpc) is 2.67. The monoisotopic (exact) mass is 335 g/mol. The zero-order chi connectivity index (χ0) is 17.5. The van der Waals surface area contributed by atoms with Gasteiger partial charge in [0, 0.05) is 24.8 Å². The summed E-state index contributed by atoms with van der Waals surface area (Å²) in [6, 6.07) is 16.9. The summed E-state index contributed by atoms with van der Waals surface area (Å²) < 4.78 is 0. The number of nitrogens with one attached hydrogen (secondary N) is 2. The summed E-state index contributed by atoms with van der Waals surface area (Å²) in [5, 5.41) is 14.8. The van der Waals surface area contributed by atoms with Gasteiger partial charge in [-0.2, -0.15) is 5.26 Å². The molecule has 2 aromatic rings. The predicted octanol–water partition coefficient (Wildman–Crippen LogP) is 3.13. The number of para-hydroxylation sites is 1. The molecule has 1 atom stereocenters. The maximum atomic E-state index is 12.1. The van der Waals surface area contributed by atoms with Gasteiger partial charge in [0.25, 0.3) is 0 Å². The molecular formula is C19H21N5O. The van der Waals surface area contributed by atoms with Crippen LogP contribution in [0.2, 0.25) is 0 Å². The minimum atomic E-state index is -0.213. The van der Waals surface area contributed by atoms with E-state index >= 15 is 0 Å². The van der Waals surface area contributed by atoms with Crippen LogP contribution < -0.4 is 15.5 Å². The summed E-state index contributed by atoms with van der Waals surface area (Å²) in [5.41, 5.74) is 1.18. The Hall–Kier alpha value is -3.07. The van der Waals surface area contributed by atoms with E-state index in [9.17, 15) is 4.79 Å². The van der Waals surface area contributed by atoms with Gasteiger partial charge < -0.3 is 15.5 Å². The smallest absolute Gasteiger partial charge is 0.319 e. The van der Waals surface area contributed by atoms with E-state index in [4.69, 9.17) is 5.26 Å². The Balaban J connectivity index is 1.61. The predicted molar refractivity (Wildman–Crippen MR) is 97.4 cm³/mol. The lowest BCUT2D eigenvalue weighted by Gasteiger charge is -2.36. The van der Waals surface area contributed by atoms with E-state index in [1.54, 1.807) is 6.07 Å². The number of rotatable bonds is 4. The topological polar surface area (TPSA) is 81.0 Å². The number of pyridine rings is 1. The Bertz CT molecular complexity index is 756. The second-order valence-corrected chi connectivity index (χ2v) is 6.04. The molecule has 2 heterocycles. The number of urea groups is 1. The van der Waals surface area contributed by atoms with Crippen molar-refractivity contribution in [1.29, 1.82) is 5.26 Å². The van der Waals surface area contributed by atoms with E-state index in [-0.39, 0.29) is 12.1 Å². The molecule has 25 heavy (non-hydrogen) atoms. The first-order chi connectivity index (χ1) is 12.3.